The summed E-state index contributed by atoms with van der Waals surface area (Å²) in [6.45, 7) is 4.56. The third kappa shape index (κ3) is 4.44. The molecule has 4 aromatic rings. The molecule has 1 N–H and O–H groups in total. The predicted octanol–water partition coefficient (Wildman–Crippen LogP) is 4.38. The highest BCUT2D eigenvalue weighted by Gasteiger charge is 2.22. The van der Waals surface area contributed by atoms with Crippen molar-refractivity contribution >= 4 is 44.8 Å². The van der Waals surface area contributed by atoms with Crippen LogP contribution in [0.25, 0.3) is 10.2 Å². The summed E-state index contributed by atoms with van der Waals surface area (Å²) < 4.78 is 7.30. The molecule has 1 aromatic carbocycles. The van der Waals surface area contributed by atoms with Gasteiger partial charge in [0.1, 0.15) is 9.71 Å². The third-order valence-corrected chi connectivity index (χ3v) is 6.66. The Morgan fingerprint density at radius 3 is 2.73 bits per heavy atom. The van der Waals surface area contributed by atoms with E-state index in [1.54, 1.807) is 24.3 Å². The summed E-state index contributed by atoms with van der Waals surface area (Å²) in [6, 6.07) is 15.7. The second kappa shape index (κ2) is 8.81. The lowest BCUT2D eigenvalue weighted by Crippen LogP contribution is -2.35. The maximum atomic E-state index is 12.6. The third-order valence-electron chi connectivity index (χ3n) is 4.65. The summed E-state index contributed by atoms with van der Waals surface area (Å²) in [4.78, 5) is 27.3. The van der Waals surface area contributed by atoms with Crippen molar-refractivity contribution in [3.05, 3.63) is 74.9 Å². The highest BCUT2D eigenvalue weighted by Crippen LogP contribution is 2.29. The highest BCUT2D eigenvalue weighted by atomic mass is 32.1. The van der Waals surface area contributed by atoms with Gasteiger partial charge in [-0.2, -0.15) is 5.10 Å². The summed E-state index contributed by atoms with van der Waals surface area (Å²) in [5.41, 5.74) is 1.99. The van der Waals surface area contributed by atoms with Gasteiger partial charge < -0.3 is 10.1 Å². The molecule has 30 heavy (non-hydrogen) atoms. The van der Waals surface area contributed by atoms with Crippen molar-refractivity contribution in [2.45, 2.75) is 33.0 Å². The number of thiophene rings is 2. The van der Waals surface area contributed by atoms with Gasteiger partial charge in [-0.3, -0.25) is 9.48 Å². The van der Waals surface area contributed by atoms with Crippen LogP contribution in [-0.4, -0.2) is 27.8 Å². The molecule has 3 aromatic heterocycles. The molecule has 1 amide bonds. The highest BCUT2D eigenvalue weighted by molar-refractivity contribution is 7.20. The summed E-state index contributed by atoms with van der Waals surface area (Å²) in [5.74, 6) is -0.815. The molecule has 0 spiro atoms. The van der Waals surface area contributed by atoms with Gasteiger partial charge in [0, 0.05) is 10.3 Å². The molecule has 0 aliphatic carbocycles. The van der Waals surface area contributed by atoms with E-state index in [0.29, 0.717) is 18.0 Å². The van der Waals surface area contributed by atoms with Gasteiger partial charge in [0.15, 0.2) is 6.10 Å². The Balaban J connectivity index is 1.44. The lowest BCUT2D eigenvalue weighted by molar-refractivity contribution is -0.129. The molecule has 8 heteroatoms. The van der Waals surface area contributed by atoms with E-state index in [2.05, 4.69) is 10.4 Å². The molecular weight excluding hydrogens is 418 g/mol. The zero-order chi connectivity index (χ0) is 21.1. The number of hydrogen-bond donors (Lipinski definition) is 1. The largest absolute Gasteiger partial charge is 0.448 e. The Morgan fingerprint density at radius 1 is 1.20 bits per heavy atom. The fraction of sp³-hybridized carbons (Fsp3) is 0.227. The first kappa shape index (κ1) is 20.3. The second-order valence-corrected chi connectivity index (χ2v) is 8.97. The van der Waals surface area contributed by atoms with E-state index >= 15 is 0 Å². The number of carbonyl (C=O) groups excluding carboxylic acids is 2. The van der Waals surface area contributed by atoms with Crippen LogP contribution in [0.1, 0.15) is 32.7 Å². The van der Waals surface area contributed by atoms with Crippen LogP contribution >= 0.6 is 22.7 Å². The molecule has 0 aliphatic rings. The molecule has 154 valence electrons. The van der Waals surface area contributed by atoms with Gasteiger partial charge in [-0.15, -0.1) is 22.7 Å². The minimum atomic E-state index is -0.871. The number of hydrogen-bond acceptors (Lipinski definition) is 6. The van der Waals surface area contributed by atoms with E-state index in [4.69, 9.17) is 4.74 Å². The van der Waals surface area contributed by atoms with Crippen molar-refractivity contribution in [1.82, 2.24) is 15.1 Å². The summed E-state index contributed by atoms with van der Waals surface area (Å²) in [7, 11) is 0. The topological polar surface area (TPSA) is 73.2 Å². The molecule has 4 rings (SSSR count). The van der Waals surface area contributed by atoms with E-state index in [0.717, 1.165) is 26.4 Å². The van der Waals surface area contributed by atoms with Gasteiger partial charge in [-0.25, -0.2) is 4.79 Å². The number of rotatable bonds is 7. The number of ether oxygens (including phenoxy) is 1. The quantitative estimate of drug-likeness (QED) is 0.434. The predicted molar refractivity (Wildman–Crippen MR) is 119 cm³/mol. The lowest BCUT2D eigenvalue weighted by atomic mass is 10.2. The fourth-order valence-corrected chi connectivity index (χ4v) is 4.77. The smallest absolute Gasteiger partial charge is 0.349 e. The Labute approximate surface area is 182 Å². The Hall–Kier alpha value is -2.97. The van der Waals surface area contributed by atoms with E-state index in [9.17, 15) is 9.59 Å². The number of esters is 1. The number of nitrogens with zero attached hydrogens (tertiary/aromatic N) is 2. The average Bonchev–Trinajstić information content (AvgIpc) is 3.46. The van der Waals surface area contributed by atoms with Gasteiger partial charge in [-0.1, -0.05) is 36.4 Å². The van der Waals surface area contributed by atoms with E-state index in [1.165, 1.54) is 11.3 Å². The molecule has 6 nitrogen and oxygen atoms in total. The van der Waals surface area contributed by atoms with Crippen molar-refractivity contribution in [3.8, 4) is 0 Å². The van der Waals surface area contributed by atoms with Crippen molar-refractivity contribution in [1.29, 1.82) is 0 Å². The SMILES string of the molecule is Cc1nn(Cc2ccccc2)c2sc(C(=O)O[C@@H](C)C(=O)NCc3cccs3)cc12. The second-order valence-electron chi connectivity index (χ2n) is 6.90. The zero-order valence-electron chi connectivity index (χ0n) is 16.6. The van der Waals surface area contributed by atoms with Crippen LogP contribution in [-0.2, 0) is 22.6 Å². The number of fused-ring (bicyclic) bond motifs is 1. The zero-order valence-corrected chi connectivity index (χ0v) is 18.3. The number of aromatic nitrogens is 2. The fourth-order valence-electron chi connectivity index (χ4n) is 3.08. The van der Waals surface area contributed by atoms with Crippen molar-refractivity contribution in [2.24, 2.45) is 0 Å². The van der Waals surface area contributed by atoms with Gasteiger partial charge in [0.2, 0.25) is 0 Å². The minimum Gasteiger partial charge on any atom is -0.448 e. The summed E-state index contributed by atoms with van der Waals surface area (Å²) >= 11 is 2.90. The standard InChI is InChI=1S/C22H21N3O3S2/c1-14-18-11-19(30-21(18)25(24-14)13-16-7-4-3-5-8-16)22(27)28-15(2)20(26)23-12-17-9-6-10-29-17/h3-11,15H,12-13H2,1-2H3,(H,23,26)/t15-/m0/s1. The first-order chi connectivity index (χ1) is 14.5. The van der Waals surface area contributed by atoms with Gasteiger partial charge >= 0.3 is 5.97 Å². The molecular formula is C22H21N3O3S2. The van der Waals surface area contributed by atoms with Gasteiger partial charge in [0.05, 0.1) is 18.8 Å². The first-order valence-electron chi connectivity index (χ1n) is 9.53. The Kier molecular flexibility index (Phi) is 5.96. The van der Waals surface area contributed by atoms with Crippen molar-refractivity contribution < 1.29 is 14.3 Å². The molecule has 0 aliphatic heterocycles. The normalized spacial score (nSPS) is 12.1. The average molecular weight is 440 g/mol. The van der Waals surface area contributed by atoms with Crippen LogP contribution in [0.5, 0.6) is 0 Å². The molecule has 0 saturated carbocycles. The number of nitrogens with one attached hydrogen (secondary N) is 1. The summed E-state index contributed by atoms with van der Waals surface area (Å²) in [6.07, 6.45) is -0.871. The number of aryl methyl sites for hydroxylation is 1. The first-order valence-corrected chi connectivity index (χ1v) is 11.2. The lowest BCUT2D eigenvalue weighted by Gasteiger charge is -2.12. The van der Waals surface area contributed by atoms with Crippen LogP contribution in [0, 0.1) is 6.92 Å². The Bertz CT molecular complexity index is 1160. The molecule has 0 fully saturated rings. The molecule has 0 bridgehead atoms. The molecule has 3 heterocycles. The van der Waals surface area contributed by atoms with Crippen LogP contribution in [0.2, 0.25) is 0 Å². The molecule has 0 radical (unpaired) electrons. The molecule has 0 unspecified atom stereocenters. The van der Waals surface area contributed by atoms with Crippen LogP contribution in [0.15, 0.2) is 53.9 Å². The maximum absolute atomic E-state index is 12.6. The number of amides is 1. The van der Waals surface area contributed by atoms with Crippen LogP contribution in [0.4, 0.5) is 0 Å². The van der Waals surface area contributed by atoms with Crippen LogP contribution in [0.3, 0.4) is 0 Å². The number of benzene rings is 1. The Morgan fingerprint density at radius 2 is 2.00 bits per heavy atom. The monoisotopic (exact) mass is 439 g/mol. The van der Waals surface area contributed by atoms with Crippen molar-refractivity contribution in [2.75, 3.05) is 0 Å². The molecule has 0 saturated heterocycles. The maximum Gasteiger partial charge on any atom is 0.349 e. The minimum absolute atomic E-state index is 0.315. The van der Waals surface area contributed by atoms with Gasteiger partial charge in [-0.05, 0) is 36.9 Å². The van der Waals surface area contributed by atoms with E-state index in [-0.39, 0.29) is 5.91 Å². The van der Waals surface area contributed by atoms with Crippen molar-refractivity contribution in [3.63, 3.8) is 0 Å². The summed E-state index contributed by atoms with van der Waals surface area (Å²) in [5, 5.41) is 10.3. The number of carbonyl (C=O) groups is 2. The van der Waals surface area contributed by atoms with Gasteiger partial charge in [0.25, 0.3) is 5.91 Å². The van der Waals surface area contributed by atoms with E-state index < -0.39 is 12.1 Å². The van der Waals surface area contributed by atoms with E-state index in [1.807, 2.05) is 59.5 Å². The molecule has 1 atom stereocenters. The van der Waals surface area contributed by atoms with Crippen LogP contribution < -0.4 is 5.32 Å².